The normalized spacial score (nSPS) is 12.0. The lowest BCUT2D eigenvalue weighted by Gasteiger charge is -2.24. The van der Waals surface area contributed by atoms with Gasteiger partial charge in [-0.3, -0.25) is 4.79 Å². The molecule has 0 heterocycles. The van der Waals surface area contributed by atoms with Gasteiger partial charge in [0.1, 0.15) is 18.0 Å². The Morgan fingerprint density at radius 3 is 2.26 bits per heavy atom. The van der Waals surface area contributed by atoms with E-state index in [0.29, 0.717) is 19.6 Å². The number of alkyl carbamates (subject to hydrolysis) is 1. The molecule has 7 nitrogen and oxygen atoms in total. The van der Waals surface area contributed by atoms with Crippen molar-refractivity contribution in [2.75, 3.05) is 20.2 Å². The van der Waals surface area contributed by atoms with Crippen LogP contribution in [-0.4, -0.2) is 43.9 Å². The molecule has 2 aromatic carbocycles. The van der Waals surface area contributed by atoms with Crippen LogP contribution in [0, 0.1) is 0 Å². The Hall–Kier alpha value is -3.06. The number of hydrogen-bond donors (Lipinski definition) is 2. The fraction of sp³-hybridized carbons (Fsp3) is 0.417. The Labute approximate surface area is 184 Å². The maximum Gasteiger partial charge on any atom is 0.407 e. The van der Waals surface area contributed by atoms with Crippen LogP contribution in [0.3, 0.4) is 0 Å². The van der Waals surface area contributed by atoms with Crippen molar-refractivity contribution < 1.29 is 23.8 Å². The molecule has 0 aliphatic heterocycles. The monoisotopic (exact) mass is 428 g/mol. The standard InChI is InChI=1S/C24H32N2O5/c1-24(2,3)31-23(28)26-20(15-25-16-22(27)29-4)14-18-10-12-21(13-11-18)30-17-19-8-6-5-7-9-19/h5-13,20,25H,14-17H2,1-4H3,(H,26,28). The fourth-order valence-corrected chi connectivity index (χ4v) is 2.82. The first-order valence-electron chi connectivity index (χ1n) is 10.3. The molecular weight excluding hydrogens is 396 g/mol. The van der Waals surface area contributed by atoms with E-state index in [2.05, 4.69) is 15.4 Å². The molecule has 0 fully saturated rings. The number of amides is 1. The molecule has 1 amide bonds. The molecular formula is C24H32N2O5. The first-order valence-corrected chi connectivity index (χ1v) is 10.3. The molecule has 2 aromatic rings. The second kappa shape index (κ2) is 12.0. The molecule has 0 saturated carbocycles. The van der Waals surface area contributed by atoms with Crippen LogP contribution in [0.25, 0.3) is 0 Å². The molecule has 2 N–H and O–H groups in total. The molecule has 2 rings (SSSR count). The van der Waals surface area contributed by atoms with Gasteiger partial charge in [-0.15, -0.1) is 0 Å². The number of carbonyl (C=O) groups excluding carboxylic acids is 2. The molecule has 0 bridgehead atoms. The van der Waals surface area contributed by atoms with Crippen molar-refractivity contribution in [2.24, 2.45) is 0 Å². The van der Waals surface area contributed by atoms with Crippen LogP contribution in [0.1, 0.15) is 31.9 Å². The summed E-state index contributed by atoms with van der Waals surface area (Å²) in [6.07, 6.45) is 0.0621. The summed E-state index contributed by atoms with van der Waals surface area (Å²) < 4.78 is 15.8. The first-order chi connectivity index (χ1) is 14.7. The van der Waals surface area contributed by atoms with Crippen molar-refractivity contribution in [3.63, 3.8) is 0 Å². The summed E-state index contributed by atoms with van der Waals surface area (Å²) in [5, 5.41) is 5.87. The van der Waals surface area contributed by atoms with Crippen molar-refractivity contribution in [1.29, 1.82) is 0 Å². The smallest absolute Gasteiger partial charge is 0.407 e. The third kappa shape index (κ3) is 10.00. The van der Waals surface area contributed by atoms with E-state index in [9.17, 15) is 9.59 Å². The second-order valence-electron chi connectivity index (χ2n) is 8.17. The molecule has 0 spiro atoms. The molecule has 0 radical (unpaired) electrons. The molecule has 0 saturated heterocycles. The van der Waals surface area contributed by atoms with Crippen LogP contribution in [0.4, 0.5) is 4.79 Å². The average Bonchev–Trinajstić information content (AvgIpc) is 2.72. The van der Waals surface area contributed by atoms with Gasteiger partial charge in [-0.25, -0.2) is 4.79 Å². The van der Waals surface area contributed by atoms with E-state index < -0.39 is 11.7 Å². The Balaban J connectivity index is 1.94. The highest BCUT2D eigenvalue weighted by Crippen LogP contribution is 2.16. The average molecular weight is 429 g/mol. The number of ether oxygens (including phenoxy) is 3. The van der Waals surface area contributed by atoms with E-state index in [1.807, 2.05) is 75.4 Å². The summed E-state index contributed by atoms with van der Waals surface area (Å²) in [5.41, 5.74) is 1.53. The summed E-state index contributed by atoms with van der Waals surface area (Å²) in [6, 6.07) is 17.4. The lowest BCUT2D eigenvalue weighted by Crippen LogP contribution is -2.46. The van der Waals surface area contributed by atoms with E-state index in [0.717, 1.165) is 16.9 Å². The van der Waals surface area contributed by atoms with Gasteiger partial charge in [-0.1, -0.05) is 42.5 Å². The lowest BCUT2D eigenvalue weighted by atomic mass is 10.1. The molecule has 168 valence electrons. The molecule has 0 aliphatic rings. The van der Waals surface area contributed by atoms with Crippen LogP contribution in [0.15, 0.2) is 54.6 Å². The number of carbonyl (C=O) groups is 2. The molecule has 1 unspecified atom stereocenters. The van der Waals surface area contributed by atoms with E-state index in [1.165, 1.54) is 7.11 Å². The van der Waals surface area contributed by atoms with Gasteiger partial charge >= 0.3 is 12.1 Å². The molecule has 7 heteroatoms. The minimum absolute atomic E-state index is 0.0647. The Kier molecular flexibility index (Phi) is 9.34. The third-order valence-electron chi connectivity index (χ3n) is 4.26. The summed E-state index contributed by atoms with van der Waals surface area (Å²) >= 11 is 0. The highest BCUT2D eigenvalue weighted by atomic mass is 16.6. The quantitative estimate of drug-likeness (QED) is 0.564. The summed E-state index contributed by atoms with van der Waals surface area (Å²) in [6.45, 7) is 6.39. The number of methoxy groups -OCH3 is 1. The second-order valence-corrected chi connectivity index (χ2v) is 8.17. The largest absolute Gasteiger partial charge is 0.489 e. The predicted octanol–water partition coefficient (Wildman–Crippen LogP) is 3.46. The van der Waals surface area contributed by atoms with Crippen LogP contribution in [-0.2, 0) is 27.3 Å². The topological polar surface area (TPSA) is 85.9 Å². The van der Waals surface area contributed by atoms with Gasteiger partial charge in [0.25, 0.3) is 0 Å². The van der Waals surface area contributed by atoms with Crippen molar-refractivity contribution in [3.05, 3.63) is 65.7 Å². The van der Waals surface area contributed by atoms with E-state index in [4.69, 9.17) is 9.47 Å². The van der Waals surface area contributed by atoms with Gasteiger partial charge < -0.3 is 24.8 Å². The maximum atomic E-state index is 12.2. The van der Waals surface area contributed by atoms with Gasteiger partial charge in [0, 0.05) is 12.6 Å². The van der Waals surface area contributed by atoms with Gasteiger partial charge in [0.2, 0.25) is 0 Å². The zero-order chi connectivity index (χ0) is 22.7. The molecule has 31 heavy (non-hydrogen) atoms. The van der Waals surface area contributed by atoms with Gasteiger partial charge in [0.05, 0.1) is 13.7 Å². The summed E-state index contributed by atoms with van der Waals surface area (Å²) in [4.78, 5) is 23.6. The number of nitrogens with one attached hydrogen (secondary N) is 2. The van der Waals surface area contributed by atoms with Crippen molar-refractivity contribution >= 4 is 12.1 Å². The zero-order valence-electron chi connectivity index (χ0n) is 18.6. The van der Waals surface area contributed by atoms with Gasteiger partial charge in [-0.05, 0) is 50.5 Å². The Morgan fingerprint density at radius 1 is 0.968 bits per heavy atom. The van der Waals surface area contributed by atoms with Crippen LogP contribution < -0.4 is 15.4 Å². The van der Waals surface area contributed by atoms with Crippen LogP contribution in [0.5, 0.6) is 5.75 Å². The maximum absolute atomic E-state index is 12.2. The minimum atomic E-state index is -0.591. The van der Waals surface area contributed by atoms with Crippen molar-refractivity contribution in [2.45, 2.75) is 45.4 Å². The van der Waals surface area contributed by atoms with E-state index in [1.54, 1.807) is 0 Å². The molecule has 1 atom stereocenters. The highest BCUT2D eigenvalue weighted by molar-refractivity contribution is 5.71. The fourth-order valence-electron chi connectivity index (χ4n) is 2.82. The van der Waals surface area contributed by atoms with Crippen molar-refractivity contribution in [3.8, 4) is 5.75 Å². The van der Waals surface area contributed by atoms with E-state index >= 15 is 0 Å². The first kappa shape index (κ1) is 24.2. The summed E-state index contributed by atoms with van der Waals surface area (Å²) in [7, 11) is 1.34. The van der Waals surface area contributed by atoms with Gasteiger partial charge in [-0.2, -0.15) is 0 Å². The Morgan fingerprint density at radius 2 is 1.65 bits per heavy atom. The third-order valence-corrected chi connectivity index (χ3v) is 4.26. The number of hydrogen-bond acceptors (Lipinski definition) is 6. The number of benzene rings is 2. The number of rotatable bonds is 10. The SMILES string of the molecule is COC(=O)CNCC(Cc1ccc(OCc2ccccc2)cc1)NC(=O)OC(C)(C)C. The lowest BCUT2D eigenvalue weighted by molar-refractivity contribution is -0.139. The number of esters is 1. The zero-order valence-corrected chi connectivity index (χ0v) is 18.6. The van der Waals surface area contributed by atoms with Crippen LogP contribution >= 0.6 is 0 Å². The molecule has 0 aliphatic carbocycles. The molecule has 0 aromatic heterocycles. The van der Waals surface area contributed by atoms with Gasteiger partial charge in [0.15, 0.2) is 0 Å². The summed E-state index contributed by atoms with van der Waals surface area (Å²) in [5.74, 6) is 0.406. The van der Waals surface area contributed by atoms with E-state index in [-0.39, 0.29) is 18.6 Å². The predicted molar refractivity (Wildman–Crippen MR) is 119 cm³/mol. The Bertz CT molecular complexity index is 816. The van der Waals surface area contributed by atoms with Crippen LogP contribution in [0.2, 0.25) is 0 Å². The van der Waals surface area contributed by atoms with Crippen molar-refractivity contribution in [1.82, 2.24) is 10.6 Å². The highest BCUT2D eigenvalue weighted by Gasteiger charge is 2.20. The minimum Gasteiger partial charge on any atom is -0.489 e.